The molecule has 0 aromatic rings. The molecule has 2 fully saturated rings. The molecule has 2 rings (SSSR count). The Morgan fingerprint density at radius 2 is 2.40 bits per heavy atom. The van der Waals surface area contributed by atoms with Crippen LogP contribution < -0.4 is 0 Å². The van der Waals surface area contributed by atoms with Crippen LogP contribution in [-0.2, 0) is 9.53 Å². The van der Waals surface area contributed by atoms with Gasteiger partial charge in [-0.25, -0.2) is 0 Å². The van der Waals surface area contributed by atoms with E-state index in [0.717, 1.165) is 32.4 Å². The van der Waals surface area contributed by atoms with E-state index < -0.39 is 0 Å². The first-order valence-electron chi connectivity index (χ1n) is 3.74. The number of carbonyl (C=O) groups is 1. The first-order valence-corrected chi connectivity index (χ1v) is 3.74. The average Bonchev–Trinajstić information content (AvgIpc) is 2.44. The topological polar surface area (TPSA) is 29.5 Å². The van der Waals surface area contributed by atoms with Gasteiger partial charge in [0.2, 0.25) is 6.41 Å². The van der Waals surface area contributed by atoms with E-state index in [0.29, 0.717) is 12.1 Å². The molecule has 1 amide bonds. The van der Waals surface area contributed by atoms with Gasteiger partial charge in [-0.05, 0) is 12.8 Å². The van der Waals surface area contributed by atoms with Gasteiger partial charge in [0, 0.05) is 13.2 Å². The maximum absolute atomic E-state index is 10.4. The van der Waals surface area contributed by atoms with Crippen LogP contribution in [0.4, 0.5) is 0 Å². The number of nitrogens with zero attached hydrogens (tertiary/aromatic N) is 1. The summed E-state index contributed by atoms with van der Waals surface area (Å²) in [6.07, 6.45) is 3.36. The molecule has 0 N–H and O–H groups in total. The number of ether oxygens (including phenoxy) is 1. The van der Waals surface area contributed by atoms with Gasteiger partial charge in [-0.15, -0.1) is 0 Å². The van der Waals surface area contributed by atoms with Crippen molar-refractivity contribution < 1.29 is 9.53 Å². The Morgan fingerprint density at radius 1 is 1.50 bits per heavy atom. The van der Waals surface area contributed by atoms with Crippen LogP contribution in [0.3, 0.4) is 0 Å². The Morgan fingerprint density at radius 3 is 3.20 bits per heavy atom. The van der Waals surface area contributed by atoms with Crippen molar-refractivity contribution in [3.63, 3.8) is 0 Å². The quantitative estimate of drug-likeness (QED) is 0.481. The molecule has 10 heavy (non-hydrogen) atoms. The van der Waals surface area contributed by atoms with Crippen LogP contribution in [0.5, 0.6) is 0 Å². The molecular weight excluding hydrogens is 130 g/mol. The van der Waals surface area contributed by atoms with Crippen LogP contribution in [0.15, 0.2) is 0 Å². The lowest BCUT2D eigenvalue weighted by Crippen LogP contribution is -2.30. The Labute approximate surface area is 60.0 Å². The molecule has 2 atom stereocenters. The second kappa shape index (κ2) is 2.23. The zero-order valence-electron chi connectivity index (χ0n) is 5.82. The first kappa shape index (κ1) is 6.16. The Hall–Kier alpha value is -0.570. The lowest BCUT2D eigenvalue weighted by molar-refractivity contribution is -0.118. The fraction of sp³-hybridized carbons (Fsp3) is 0.857. The highest BCUT2D eigenvalue weighted by Crippen LogP contribution is 2.27. The summed E-state index contributed by atoms with van der Waals surface area (Å²) in [5, 5.41) is 0. The highest BCUT2D eigenvalue weighted by Gasteiger charge is 2.37. The lowest BCUT2D eigenvalue weighted by Gasteiger charge is -2.15. The highest BCUT2D eigenvalue weighted by atomic mass is 16.5. The molecule has 2 saturated heterocycles. The van der Waals surface area contributed by atoms with Crippen LogP contribution in [-0.4, -0.2) is 36.6 Å². The third-order valence-electron chi connectivity index (χ3n) is 2.41. The van der Waals surface area contributed by atoms with E-state index in [1.54, 1.807) is 0 Å². The van der Waals surface area contributed by atoms with Crippen LogP contribution in [0.25, 0.3) is 0 Å². The molecule has 0 aromatic carbocycles. The molecule has 0 bridgehead atoms. The number of hydrogen-bond donors (Lipinski definition) is 0. The third-order valence-corrected chi connectivity index (χ3v) is 2.41. The van der Waals surface area contributed by atoms with E-state index in [2.05, 4.69) is 0 Å². The first-order chi connectivity index (χ1) is 4.92. The van der Waals surface area contributed by atoms with Crippen molar-refractivity contribution in [1.29, 1.82) is 0 Å². The summed E-state index contributed by atoms with van der Waals surface area (Å²) in [5.74, 6) is 0. The smallest absolute Gasteiger partial charge is 0.210 e. The van der Waals surface area contributed by atoms with Gasteiger partial charge in [0.15, 0.2) is 0 Å². The second-order valence-electron chi connectivity index (χ2n) is 2.90. The minimum atomic E-state index is 0.352. The van der Waals surface area contributed by atoms with E-state index in [1.807, 2.05) is 4.90 Å². The monoisotopic (exact) mass is 141 g/mol. The molecule has 3 nitrogen and oxygen atoms in total. The van der Waals surface area contributed by atoms with Crippen molar-refractivity contribution in [3.05, 3.63) is 0 Å². The zero-order chi connectivity index (χ0) is 6.97. The Bertz CT molecular complexity index is 149. The number of carbonyl (C=O) groups excluding carboxylic acids is 1. The van der Waals surface area contributed by atoms with Gasteiger partial charge in [0.25, 0.3) is 0 Å². The lowest BCUT2D eigenvalue weighted by atomic mass is 10.1. The fourth-order valence-corrected chi connectivity index (χ4v) is 1.87. The summed E-state index contributed by atoms with van der Waals surface area (Å²) < 4.78 is 5.41. The molecule has 2 heterocycles. The summed E-state index contributed by atoms with van der Waals surface area (Å²) in [4.78, 5) is 12.3. The minimum absolute atomic E-state index is 0.352. The van der Waals surface area contributed by atoms with Gasteiger partial charge >= 0.3 is 0 Å². The van der Waals surface area contributed by atoms with E-state index in [1.165, 1.54) is 0 Å². The predicted octanol–water partition coefficient (Wildman–Crippen LogP) is 0.00600. The molecule has 0 aliphatic carbocycles. The van der Waals surface area contributed by atoms with Gasteiger partial charge in [-0.3, -0.25) is 4.79 Å². The van der Waals surface area contributed by atoms with Crippen molar-refractivity contribution in [2.45, 2.75) is 25.0 Å². The Kier molecular flexibility index (Phi) is 1.38. The van der Waals surface area contributed by atoms with Crippen molar-refractivity contribution in [2.24, 2.45) is 0 Å². The largest absolute Gasteiger partial charge is 0.376 e. The molecule has 0 aromatic heterocycles. The summed E-state index contributed by atoms with van der Waals surface area (Å²) in [5.41, 5.74) is 0. The van der Waals surface area contributed by atoms with E-state index >= 15 is 0 Å². The van der Waals surface area contributed by atoms with Crippen molar-refractivity contribution in [1.82, 2.24) is 4.90 Å². The molecule has 2 aliphatic rings. The summed E-state index contributed by atoms with van der Waals surface area (Å²) in [7, 11) is 0. The maximum atomic E-state index is 10.4. The van der Waals surface area contributed by atoms with Crippen molar-refractivity contribution in [2.75, 3.05) is 13.2 Å². The van der Waals surface area contributed by atoms with Gasteiger partial charge in [0.1, 0.15) is 0 Å². The van der Waals surface area contributed by atoms with E-state index in [-0.39, 0.29) is 0 Å². The third kappa shape index (κ3) is 0.736. The van der Waals surface area contributed by atoms with Gasteiger partial charge in [-0.1, -0.05) is 0 Å². The predicted molar refractivity (Wildman–Crippen MR) is 35.5 cm³/mol. The SMILES string of the molecule is O=CN1CCC2OCCC21. The second-order valence-corrected chi connectivity index (χ2v) is 2.90. The van der Waals surface area contributed by atoms with E-state index in [4.69, 9.17) is 4.74 Å². The van der Waals surface area contributed by atoms with E-state index in [9.17, 15) is 4.79 Å². The highest BCUT2D eigenvalue weighted by molar-refractivity contribution is 5.48. The van der Waals surface area contributed by atoms with Crippen molar-refractivity contribution in [3.8, 4) is 0 Å². The van der Waals surface area contributed by atoms with Crippen LogP contribution >= 0.6 is 0 Å². The van der Waals surface area contributed by atoms with Crippen molar-refractivity contribution >= 4 is 6.41 Å². The van der Waals surface area contributed by atoms with Gasteiger partial charge in [-0.2, -0.15) is 0 Å². The molecule has 2 unspecified atom stereocenters. The van der Waals surface area contributed by atoms with Crippen LogP contribution in [0.1, 0.15) is 12.8 Å². The number of fused-ring (bicyclic) bond motifs is 1. The number of amides is 1. The summed E-state index contributed by atoms with van der Waals surface area (Å²) >= 11 is 0. The number of hydrogen-bond acceptors (Lipinski definition) is 2. The fourth-order valence-electron chi connectivity index (χ4n) is 1.87. The van der Waals surface area contributed by atoms with Crippen LogP contribution in [0, 0.1) is 0 Å². The minimum Gasteiger partial charge on any atom is -0.376 e. The number of likely N-dealkylation sites (tertiary alicyclic amines) is 1. The molecular formula is C7H11NO2. The van der Waals surface area contributed by atoms with Crippen LogP contribution in [0.2, 0.25) is 0 Å². The molecule has 0 saturated carbocycles. The summed E-state index contributed by atoms with van der Waals surface area (Å²) in [6, 6.07) is 0.400. The zero-order valence-corrected chi connectivity index (χ0v) is 5.82. The molecule has 3 heteroatoms. The maximum Gasteiger partial charge on any atom is 0.210 e. The van der Waals surface area contributed by atoms with Gasteiger partial charge < -0.3 is 9.64 Å². The Balaban J connectivity index is 2.07. The molecule has 0 radical (unpaired) electrons. The molecule has 56 valence electrons. The molecule has 2 aliphatic heterocycles. The molecule has 0 spiro atoms. The summed E-state index contributed by atoms with van der Waals surface area (Å²) in [6.45, 7) is 1.72. The normalized spacial score (nSPS) is 38.2. The average molecular weight is 141 g/mol. The number of rotatable bonds is 1. The standard InChI is InChI=1S/C7H11NO2/c9-5-8-3-1-7-6(8)2-4-10-7/h5-7H,1-4H2. The van der Waals surface area contributed by atoms with Gasteiger partial charge in [0.05, 0.1) is 12.1 Å².